The van der Waals surface area contributed by atoms with Crippen molar-refractivity contribution >= 4 is 17.5 Å². The fourth-order valence-corrected chi connectivity index (χ4v) is 2.16. The molecule has 0 radical (unpaired) electrons. The summed E-state index contributed by atoms with van der Waals surface area (Å²) < 4.78 is 17.9. The molecule has 1 aromatic heterocycles. The fourth-order valence-electron chi connectivity index (χ4n) is 2.16. The lowest BCUT2D eigenvalue weighted by Gasteiger charge is -2.21. The highest BCUT2D eigenvalue weighted by Crippen LogP contribution is 2.13. The van der Waals surface area contributed by atoms with Crippen LogP contribution in [0.4, 0.5) is 10.1 Å². The molecule has 0 bridgehead atoms. The molecule has 6 nitrogen and oxygen atoms in total. The highest BCUT2D eigenvalue weighted by Gasteiger charge is 2.25. The number of methoxy groups -OCH3 is 1. The number of nitrogens with zero attached hydrogens (tertiary/aromatic N) is 1. The molecule has 2 amide bonds. The normalized spacial score (nSPS) is 11.7. The van der Waals surface area contributed by atoms with Crippen LogP contribution in [0.15, 0.2) is 42.6 Å². The van der Waals surface area contributed by atoms with E-state index in [1.54, 1.807) is 12.1 Å². The van der Waals surface area contributed by atoms with Crippen molar-refractivity contribution in [3.8, 4) is 5.88 Å². The zero-order valence-electron chi connectivity index (χ0n) is 14.2. The van der Waals surface area contributed by atoms with Gasteiger partial charge in [0.15, 0.2) is 0 Å². The largest absolute Gasteiger partial charge is 0.481 e. The van der Waals surface area contributed by atoms with Gasteiger partial charge >= 0.3 is 0 Å². The van der Waals surface area contributed by atoms with Gasteiger partial charge in [-0.2, -0.15) is 0 Å². The Kier molecular flexibility index (Phi) is 6.05. The number of hydrogen-bond acceptors (Lipinski definition) is 4. The number of anilines is 1. The Morgan fingerprint density at radius 3 is 2.32 bits per heavy atom. The molecule has 132 valence electrons. The highest BCUT2D eigenvalue weighted by atomic mass is 19.1. The van der Waals surface area contributed by atoms with Crippen molar-refractivity contribution in [1.29, 1.82) is 0 Å². The van der Waals surface area contributed by atoms with Gasteiger partial charge in [-0.3, -0.25) is 9.59 Å². The predicted molar refractivity (Wildman–Crippen MR) is 91.9 cm³/mol. The van der Waals surface area contributed by atoms with Crippen LogP contribution in [0.25, 0.3) is 0 Å². The summed E-state index contributed by atoms with van der Waals surface area (Å²) in [6.07, 6.45) is 1.47. The minimum atomic E-state index is -0.750. The van der Waals surface area contributed by atoms with Gasteiger partial charge in [-0.05, 0) is 36.2 Å². The summed E-state index contributed by atoms with van der Waals surface area (Å²) in [5, 5.41) is 5.39. The van der Waals surface area contributed by atoms with Gasteiger partial charge in [0.1, 0.15) is 11.9 Å². The van der Waals surface area contributed by atoms with E-state index >= 15 is 0 Å². The molecule has 1 aromatic carbocycles. The molecular formula is C18H20FN3O3. The summed E-state index contributed by atoms with van der Waals surface area (Å²) in [6, 6.07) is 7.66. The number of ether oxygens (including phenoxy) is 1. The molecule has 7 heteroatoms. The van der Waals surface area contributed by atoms with E-state index in [1.807, 2.05) is 13.8 Å². The minimum Gasteiger partial charge on any atom is -0.481 e. The van der Waals surface area contributed by atoms with Crippen molar-refractivity contribution in [2.45, 2.75) is 19.9 Å². The van der Waals surface area contributed by atoms with Crippen molar-refractivity contribution in [2.75, 3.05) is 12.4 Å². The maximum absolute atomic E-state index is 13.0. The quantitative estimate of drug-likeness (QED) is 0.843. The summed E-state index contributed by atoms with van der Waals surface area (Å²) in [4.78, 5) is 28.8. The lowest BCUT2D eigenvalue weighted by atomic mass is 10.0. The molecule has 2 aromatic rings. The number of nitrogens with one attached hydrogen (secondary N) is 2. The number of rotatable bonds is 6. The fraction of sp³-hybridized carbons (Fsp3) is 0.278. The molecule has 1 unspecified atom stereocenters. The third-order valence-electron chi connectivity index (χ3n) is 3.56. The van der Waals surface area contributed by atoms with E-state index in [1.165, 1.54) is 37.6 Å². The first-order chi connectivity index (χ1) is 11.9. The monoisotopic (exact) mass is 345 g/mol. The zero-order valence-corrected chi connectivity index (χ0v) is 14.2. The molecule has 1 heterocycles. The van der Waals surface area contributed by atoms with Gasteiger partial charge in [-0.15, -0.1) is 0 Å². The van der Waals surface area contributed by atoms with Gasteiger partial charge in [0.05, 0.1) is 19.0 Å². The third kappa shape index (κ3) is 5.00. The summed E-state index contributed by atoms with van der Waals surface area (Å²) >= 11 is 0. The molecule has 0 saturated carbocycles. The van der Waals surface area contributed by atoms with Gasteiger partial charge in [0.25, 0.3) is 5.91 Å². The molecular weight excluding hydrogens is 325 g/mol. The predicted octanol–water partition coefficient (Wildman–Crippen LogP) is 2.62. The number of carbonyl (C=O) groups is 2. The minimum absolute atomic E-state index is 0.143. The van der Waals surface area contributed by atoms with Crippen molar-refractivity contribution in [2.24, 2.45) is 5.92 Å². The van der Waals surface area contributed by atoms with E-state index in [9.17, 15) is 14.0 Å². The Balaban J connectivity index is 2.06. The lowest BCUT2D eigenvalue weighted by Crippen LogP contribution is -2.47. The van der Waals surface area contributed by atoms with Crippen molar-refractivity contribution in [1.82, 2.24) is 10.3 Å². The Labute approximate surface area is 145 Å². The van der Waals surface area contributed by atoms with Crippen LogP contribution in [0, 0.1) is 11.7 Å². The average molecular weight is 345 g/mol. The van der Waals surface area contributed by atoms with Crippen LogP contribution in [0.5, 0.6) is 5.88 Å². The second-order valence-corrected chi connectivity index (χ2v) is 5.78. The number of aromatic nitrogens is 1. The number of amides is 2. The third-order valence-corrected chi connectivity index (χ3v) is 3.56. The summed E-state index contributed by atoms with van der Waals surface area (Å²) in [6.45, 7) is 3.64. The highest BCUT2D eigenvalue weighted by molar-refractivity contribution is 6.01. The molecule has 0 aliphatic heterocycles. The molecule has 0 fully saturated rings. The first-order valence-electron chi connectivity index (χ1n) is 7.78. The van der Waals surface area contributed by atoms with Crippen LogP contribution in [-0.2, 0) is 4.79 Å². The summed E-state index contributed by atoms with van der Waals surface area (Å²) in [5.74, 6) is -0.945. The second kappa shape index (κ2) is 8.23. The Morgan fingerprint density at radius 2 is 1.80 bits per heavy atom. The van der Waals surface area contributed by atoms with Crippen LogP contribution < -0.4 is 15.4 Å². The first-order valence-corrected chi connectivity index (χ1v) is 7.78. The number of halogens is 1. The van der Waals surface area contributed by atoms with Crippen LogP contribution in [0.1, 0.15) is 24.2 Å². The van der Waals surface area contributed by atoms with E-state index < -0.39 is 17.8 Å². The van der Waals surface area contributed by atoms with Crippen molar-refractivity contribution < 1.29 is 18.7 Å². The number of carbonyl (C=O) groups excluding carboxylic acids is 2. The molecule has 0 aliphatic rings. The van der Waals surface area contributed by atoms with Gasteiger partial charge in [0, 0.05) is 11.6 Å². The number of hydrogen-bond donors (Lipinski definition) is 2. The van der Waals surface area contributed by atoms with Gasteiger partial charge in [-0.25, -0.2) is 9.37 Å². The van der Waals surface area contributed by atoms with E-state index in [4.69, 9.17) is 4.74 Å². The van der Waals surface area contributed by atoms with Crippen LogP contribution >= 0.6 is 0 Å². The number of benzene rings is 1. The van der Waals surface area contributed by atoms with E-state index in [2.05, 4.69) is 15.6 Å². The van der Waals surface area contributed by atoms with Gasteiger partial charge in [0.2, 0.25) is 11.8 Å². The van der Waals surface area contributed by atoms with Gasteiger partial charge < -0.3 is 15.4 Å². The topological polar surface area (TPSA) is 80.3 Å². The van der Waals surface area contributed by atoms with Crippen molar-refractivity contribution in [3.63, 3.8) is 0 Å². The molecule has 1 atom stereocenters. The van der Waals surface area contributed by atoms with Crippen LogP contribution in [-0.4, -0.2) is 29.9 Å². The van der Waals surface area contributed by atoms with E-state index in [0.717, 1.165) is 0 Å². The van der Waals surface area contributed by atoms with Crippen LogP contribution in [0.2, 0.25) is 0 Å². The number of pyridine rings is 1. The molecule has 0 spiro atoms. The zero-order chi connectivity index (χ0) is 18.4. The van der Waals surface area contributed by atoms with Gasteiger partial charge in [-0.1, -0.05) is 13.8 Å². The standard InChI is InChI=1S/C18H20FN3O3/c1-11(2)16(22-17(23)12-4-6-13(19)7-5-12)18(24)21-14-8-9-15(25-3)20-10-14/h4-11,16H,1-3H3,(H,21,24)(H,22,23). The Hall–Kier alpha value is -2.96. The molecule has 25 heavy (non-hydrogen) atoms. The SMILES string of the molecule is COc1ccc(NC(=O)C(NC(=O)c2ccc(F)cc2)C(C)C)cn1. The summed E-state index contributed by atoms with van der Waals surface area (Å²) in [7, 11) is 1.50. The molecule has 0 aliphatic carbocycles. The Morgan fingerprint density at radius 1 is 1.12 bits per heavy atom. The smallest absolute Gasteiger partial charge is 0.251 e. The second-order valence-electron chi connectivity index (χ2n) is 5.78. The lowest BCUT2D eigenvalue weighted by molar-refractivity contribution is -0.118. The maximum atomic E-state index is 13.0. The molecule has 2 N–H and O–H groups in total. The summed E-state index contributed by atoms with van der Waals surface area (Å²) in [5.41, 5.74) is 0.776. The van der Waals surface area contributed by atoms with Crippen molar-refractivity contribution in [3.05, 3.63) is 54.0 Å². The Bertz CT molecular complexity index is 730. The van der Waals surface area contributed by atoms with E-state index in [-0.39, 0.29) is 17.4 Å². The molecule has 0 saturated heterocycles. The maximum Gasteiger partial charge on any atom is 0.251 e. The van der Waals surface area contributed by atoms with Crippen LogP contribution in [0.3, 0.4) is 0 Å². The average Bonchev–Trinajstić information content (AvgIpc) is 2.60. The molecule has 2 rings (SSSR count). The van der Waals surface area contributed by atoms with E-state index in [0.29, 0.717) is 11.6 Å². The first kappa shape index (κ1) is 18.4.